The molecule has 1 aliphatic heterocycles. The van der Waals surface area contributed by atoms with E-state index in [1.165, 1.54) is 0 Å². The Morgan fingerprint density at radius 3 is 2.36 bits per heavy atom. The predicted molar refractivity (Wildman–Crippen MR) is 130 cm³/mol. The van der Waals surface area contributed by atoms with Gasteiger partial charge in [-0.15, -0.1) is 0 Å². The number of anilines is 1. The fraction of sp³-hybridized carbons (Fsp3) is 0.500. The molecule has 0 aliphatic carbocycles. The molecule has 0 N–H and O–H groups in total. The largest absolute Gasteiger partial charge is 0.378 e. The quantitative estimate of drug-likeness (QED) is 0.411. The summed E-state index contributed by atoms with van der Waals surface area (Å²) < 4.78 is 5.27. The van der Waals surface area contributed by atoms with Gasteiger partial charge in [-0.3, -0.25) is 9.59 Å². The summed E-state index contributed by atoms with van der Waals surface area (Å²) in [5, 5.41) is 0.714. The number of piperazine rings is 1. The van der Waals surface area contributed by atoms with Crippen molar-refractivity contribution in [2.24, 2.45) is 0 Å². The van der Waals surface area contributed by atoms with Crippen LogP contribution in [0.15, 0.2) is 35.5 Å². The maximum Gasteiger partial charge on any atom is 0.253 e. The van der Waals surface area contributed by atoms with E-state index in [1.807, 2.05) is 42.3 Å². The molecule has 1 aromatic carbocycles. The molecule has 0 bridgehead atoms. The Morgan fingerprint density at radius 1 is 1.09 bits per heavy atom. The van der Waals surface area contributed by atoms with Crippen LogP contribution >= 0.6 is 11.8 Å². The van der Waals surface area contributed by atoms with Crippen LogP contribution in [0.1, 0.15) is 41.9 Å². The average molecular weight is 472 g/mol. The van der Waals surface area contributed by atoms with Gasteiger partial charge in [-0.1, -0.05) is 30.8 Å². The van der Waals surface area contributed by atoms with Crippen molar-refractivity contribution in [2.45, 2.75) is 37.8 Å². The molecule has 0 saturated carbocycles. The van der Waals surface area contributed by atoms with Crippen LogP contribution in [0.25, 0.3) is 0 Å². The molecule has 0 radical (unpaired) electrons. The lowest BCUT2D eigenvalue weighted by Gasteiger charge is -2.34. The monoisotopic (exact) mass is 471 g/mol. The predicted octanol–water partition coefficient (Wildman–Crippen LogP) is 3.07. The molecular formula is C24H33N5O3S. The van der Waals surface area contributed by atoms with Crippen LogP contribution in [0, 0.1) is 0 Å². The van der Waals surface area contributed by atoms with Crippen LogP contribution in [0.2, 0.25) is 0 Å². The number of methoxy groups -OCH3 is 1. The molecule has 1 aromatic heterocycles. The molecule has 3 rings (SSSR count). The van der Waals surface area contributed by atoms with Crippen molar-refractivity contribution < 1.29 is 14.3 Å². The molecule has 9 heteroatoms. The van der Waals surface area contributed by atoms with Crippen LogP contribution in [-0.4, -0.2) is 78.5 Å². The molecule has 1 aliphatic rings. The summed E-state index contributed by atoms with van der Waals surface area (Å²) in [6.07, 6.45) is 1.04. The van der Waals surface area contributed by atoms with Gasteiger partial charge >= 0.3 is 0 Å². The van der Waals surface area contributed by atoms with Crippen molar-refractivity contribution in [3.05, 3.63) is 47.2 Å². The summed E-state index contributed by atoms with van der Waals surface area (Å²) in [6, 6.07) is 9.68. The van der Waals surface area contributed by atoms with E-state index in [0.717, 1.165) is 30.0 Å². The van der Waals surface area contributed by atoms with Crippen molar-refractivity contribution in [3.8, 4) is 0 Å². The van der Waals surface area contributed by atoms with E-state index in [2.05, 4.69) is 16.8 Å². The van der Waals surface area contributed by atoms with Crippen molar-refractivity contribution >= 4 is 29.4 Å². The van der Waals surface area contributed by atoms with Crippen LogP contribution in [0.3, 0.4) is 0 Å². The minimum Gasteiger partial charge on any atom is -0.378 e. The second kappa shape index (κ2) is 12.0. The van der Waals surface area contributed by atoms with E-state index < -0.39 is 0 Å². The van der Waals surface area contributed by atoms with E-state index in [-0.39, 0.29) is 11.8 Å². The van der Waals surface area contributed by atoms with Crippen molar-refractivity contribution in [3.63, 3.8) is 0 Å². The van der Waals surface area contributed by atoms with E-state index >= 15 is 0 Å². The number of nitrogens with zero attached hydrogens (tertiary/aromatic N) is 5. The summed E-state index contributed by atoms with van der Waals surface area (Å²) in [5.74, 6) is 1.67. The molecule has 2 amide bonds. The van der Waals surface area contributed by atoms with Crippen molar-refractivity contribution in [1.82, 2.24) is 19.8 Å². The maximum atomic E-state index is 12.8. The zero-order chi connectivity index (χ0) is 23.8. The number of hydrogen-bond acceptors (Lipinski definition) is 7. The van der Waals surface area contributed by atoms with E-state index in [1.54, 1.807) is 30.7 Å². The Bertz CT molecular complexity index is 946. The van der Waals surface area contributed by atoms with Crippen LogP contribution < -0.4 is 4.90 Å². The Balaban J connectivity index is 1.61. The van der Waals surface area contributed by atoms with Gasteiger partial charge in [-0.2, -0.15) is 0 Å². The Labute approximate surface area is 200 Å². The summed E-state index contributed by atoms with van der Waals surface area (Å²) >= 11 is 1.57. The average Bonchev–Trinajstić information content (AvgIpc) is 2.83. The highest BCUT2D eigenvalue weighted by Gasteiger charge is 2.23. The summed E-state index contributed by atoms with van der Waals surface area (Å²) in [6.45, 7) is 7.40. The highest BCUT2D eigenvalue weighted by Crippen LogP contribution is 2.23. The molecule has 0 atom stereocenters. The number of amides is 2. The Morgan fingerprint density at radius 2 is 1.76 bits per heavy atom. The van der Waals surface area contributed by atoms with Gasteiger partial charge in [0.05, 0.1) is 12.3 Å². The lowest BCUT2D eigenvalue weighted by molar-refractivity contribution is -0.130. The first kappa shape index (κ1) is 25.0. The molecule has 1 fully saturated rings. The molecule has 0 spiro atoms. The van der Waals surface area contributed by atoms with Gasteiger partial charge in [0.15, 0.2) is 5.16 Å². The summed E-state index contributed by atoms with van der Waals surface area (Å²) in [5.41, 5.74) is 2.63. The van der Waals surface area contributed by atoms with Gasteiger partial charge in [0.1, 0.15) is 5.82 Å². The third-order valence-electron chi connectivity index (χ3n) is 5.57. The number of hydrogen-bond donors (Lipinski definition) is 0. The number of aromatic nitrogens is 2. The smallest absolute Gasteiger partial charge is 0.253 e. The van der Waals surface area contributed by atoms with Gasteiger partial charge in [0.2, 0.25) is 5.91 Å². The first-order valence-corrected chi connectivity index (χ1v) is 12.2. The fourth-order valence-corrected chi connectivity index (χ4v) is 4.52. The normalized spacial score (nSPS) is 13.8. The van der Waals surface area contributed by atoms with Gasteiger partial charge in [0.25, 0.3) is 5.91 Å². The second-order valence-corrected chi connectivity index (χ2v) is 9.08. The van der Waals surface area contributed by atoms with E-state index in [0.29, 0.717) is 49.3 Å². The van der Waals surface area contributed by atoms with E-state index in [9.17, 15) is 9.59 Å². The van der Waals surface area contributed by atoms with Gasteiger partial charge in [-0.25, -0.2) is 9.97 Å². The molecule has 0 unspecified atom stereocenters. The lowest BCUT2D eigenvalue weighted by Crippen LogP contribution is -2.50. The molecule has 33 heavy (non-hydrogen) atoms. The molecule has 2 aromatic rings. The van der Waals surface area contributed by atoms with Crippen molar-refractivity contribution in [1.29, 1.82) is 0 Å². The Hall–Kier alpha value is -2.65. The SMILES string of the molecule is CCCN(C)c1cc(COC)nc(SCc2ccc(C(=O)N3CCN(C(C)=O)CC3)cc2)n1. The van der Waals surface area contributed by atoms with Crippen molar-refractivity contribution in [2.75, 3.05) is 51.8 Å². The summed E-state index contributed by atoms with van der Waals surface area (Å²) in [4.78, 5) is 39.3. The first-order valence-electron chi connectivity index (χ1n) is 11.3. The molecular weight excluding hydrogens is 438 g/mol. The van der Waals surface area contributed by atoms with Crippen LogP contribution in [-0.2, 0) is 21.9 Å². The second-order valence-electron chi connectivity index (χ2n) is 8.14. The third kappa shape index (κ3) is 6.91. The lowest BCUT2D eigenvalue weighted by atomic mass is 10.1. The van der Waals surface area contributed by atoms with Gasteiger partial charge in [0, 0.05) is 71.2 Å². The number of carbonyl (C=O) groups is 2. The van der Waals surface area contributed by atoms with Crippen LogP contribution in [0.4, 0.5) is 5.82 Å². The topological polar surface area (TPSA) is 78.9 Å². The van der Waals surface area contributed by atoms with Crippen LogP contribution in [0.5, 0.6) is 0 Å². The van der Waals surface area contributed by atoms with Gasteiger partial charge < -0.3 is 19.4 Å². The first-order chi connectivity index (χ1) is 15.9. The standard InChI is InChI=1S/C24H33N5O3S/c1-5-10-27(3)22-15-21(16-32-4)25-24(26-22)33-17-19-6-8-20(9-7-19)23(31)29-13-11-28(12-14-29)18(2)30/h6-9,15H,5,10-14,16-17H2,1-4H3. The third-order valence-corrected chi connectivity index (χ3v) is 6.49. The Kier molecular flexibility index (Phi) is 9.08. The fourth-order valence-electron chi connectivity index (χ4n) is 3.69. The van der Waals surface area contributed by atoms with Gasteiger partial charge in [-0.05, 0) is 24.1 Å². The minimum absolute atomic E-state index is 0.0107. The highest BCUT2D eigenvalue weighted by atomic mass is 32.2. The molecule has 178 valence electrons. The van der Waals surface area contributed by atoms with E-state index in [4.69, 9.17) is 9.72 Å². The molecule has 1 saturated heterocycles. The maximum absolute atomic E-state index is 12.8. The number of rotatable bonds is 9. The number of benzene rings is 1. The minimum atomic E-state index is 0.0107. The zero-order valence-electron chi connectivity index (χ0n) is 19.9. The number of ether oxygens (including phenoxy) is 1. The number of carbonyl (C=O) groups excluding carboxylic acids is 2. The highest BCUT2D eigenvalue weighted by molar-refractivity contribution is 7.98. The molecule has 8 nitrogen and oxygen atoms in total. The summed E-state index contributed by atoms with van der Waals surface area (Å²) in [7, 11) is 3.70. The molecule has 2 heterocycles. The zero-order valence-corrected chi connectivity index (χ0v) is 20.7. The number of thioether (sulfide) groups is 1.